The molecule has 0 fully saturated rings. The quantitative estimate of drug-likeness (QED) is 0.825. The highest BCUT2D eigenvalue weighted by molar-refractivity contribution is 7.18. The lowest BCUT2D eigenvalue weighted by molar-refractivity contribution is 0.959. The van der Waals surface area contributed by atoms with E-state index in [0.717, 1.165) is 23.2 Å². The van der Waals surface area contributed by atoms with Gasteiger partial charge in [0.2, 0.25) is 0 Å². The predicted octanol–water partition coefficient (Wildman–Crippen LogP) is 4.23. The molecule has 7 heteroatoms. The standard InChI is InChI=1S/C11H8Cl3N3S/c12-5-3-7-8(6(13)4-18-7)9(14)10(5)17-11-15-1-2-16-11/h3-4H,1-2H2,(H2,15,16,17). The minimum absolute atomic E-state index is 0.528. The molecule has 0 radical (unpaired) electrons. The summed E-state index contributed by atoms with van der Waals surface area (Å²) in [6.45, 7) is 1.57. The Morgan fingerprint density at radius 1 is 1.28 bits per heavy atom. The SMILES string of the molecule is Clc1cc2scc(Cl)c2c(Cl)c1NC1=NCCN1. The summed E-state index contributed by atoms with van der Waals surface area (Å²) in [7, 11) is 0. The van der Waals surface area contributed by atoms with Crippen molar-refractivity contribution in [2.24, 2.45) is 4.99 Å². The second-order valence-corrected chi connectivity index (χ2v) is 5.89. The van der Waals surface area contributed by atoms with Crippen molar-refractivity contribution < 1.29 is 0 Å². The van der Waals surface area contributed by atoms with Crippen LogP contribution in [0.4, 0.5) is 5.69 Å². The van der Waals surface area contributed by atoms with Gasteiger partial charge in [-0.1, -0.05) is 34.8 Å². The summed E-state index contributed by atoms with van der Waals surface area (Å²) in [4.78, 5) is 4.25. The first-order chi connectivity index (χ1) is 8.66. The summed E-state index contributed by atoms with van der Waals surface area (Å²) in [5.41, 5.74) is 0.638. The van der Waals surface area contributed by atoms with Gasteiger partial charge in [-0.25, -0.2) is 0 Å². The third-order valence-corrected chi connectivity index (χ3v) is 4.66. The fourth-order valence-corrected chi connectivity index (χ4v) is 3.87. The molecule has 0 saturated heterocycles. The van der Waals surface area contributed by atoms with E-state index in [1.165, 1.54) is 11.3 Å². The summed E-state index contributed by atoms with van der Waals surface area (Å²) in [5, 5.41) is 10.6. The lowest BCUT2D eigenvalue weighted by atomic mass is 10.2. The molecule has 0 spiro atoms. The molecule has 1 aliphatic rings. The molecule has 0 amide bonds. The van der Waals surface area contributed by atoms with E-state index in [1.54, 1.807) is 0 Å². The van der Waals surface area contributed by atoms with Crippen LogP contribution in [0.25, 0.3) is 10.1 Å². The van der Waals surface area contributed by atoms with Crippen molar-refractivity contribution in [3.05, 3.63) is 26.5 Å². The Labute approximate surface area is 123 Å². The Morgan fingerprint density at radius 3 is 2.83 bits per heavy atom. The number of benzene rings is 1. The van der Waals surface area contributed by atoms with Gasteiger partial charge in [0.05, 0.1) is 27.3 Å². The fraction of sp³-hybridized carbons (Fsp3) is 0.182. The number of halogens is 3. The zero-order chi connectivity index (χ0) is 12.7. The maximum absolute atomic E-state index is 6.36. The van der Waals surface area contributed by atoms with Crippen molar-refractivity contribution in [2.75, 3.05) is 18.4 Å². The molecular formula is C11H8Cl3N3S. The van der Waals surface area contributed by atoms with E-state index in [2.05, 4.69) is 15.6 Å². The van der Waals surface area contributed by atoms with Gasteiger partial charge in [0, 0.05) is 22.0 Å². The van der Waals surface area contributed by atoms with Gasteiger partial charge in [-0.15, -0.1) is 11.3 Å². The van der Waals surface area contributed by atoms with Crippen LogP contribution in [-0.2, 0) is 0 Å². The summed E-state index contributed by atoms with van der Waals surface area (Å²) >= 11 is 20.2. The highest BCUT2D eigenvalue weighted by atomic mass is 35.5. The highest BCUT2D eigenvalue weighted by Crippen LogP contribution is 2.43. The summed E-state index contributed by atoms with van der Waals surface area (Å²) in [5.74, 6) is 0.685. The number of fused-ring (bicyclic) bond motifs is 1. The molecule has 0 saturated carbocycles. The average molecular weight is 321 g/mol. The van der Waals surface area contributed by atoms with E-state index in [9.17, 15) is 0 Å². The van der Waals surface area contributed by atoms with Crippen molar-refractivity contribution in [1.82, 2.24) is 5.32 Å². The smallest absolute Gasteiger partial charge is 0.196 e. The first-order valence-electron chi connectivity index (χ1n) is 5.27. The molecule has 0 bridgehead atoms. The van der Waals surface area contributed by atoms with Crippen LogP contribution < -0.4 is 10.6 Å². The van der Waals surface area contributed by atoms with Crippen LogP contribution >= 0.6 is 46.1 Å². The van der Waals surface area contributed by atoms with Gasteiger partial charge in [-0.3, -0.25) is 4.99 Å². The van der Waals surface area contributed by atoms with Gasteiger partial charge in [0.15, 0.2) is 5.96 Å². The fourth-order valence-electron chi connectivity index (χ4n) is 1.80. The van der Waals surface area contributed by atoms with Gasteiger partial charge in [-0.05, 0) is 6.07 Å². The van der Waals surface area contributed by atoms with Gasteiger partial charge in [0.25, 0.3) is 0 Å². The van der Waals surface area contributed by atoms with Crippen LogP contribution in [0.1, 0.15) is 0 Å². The van der Waals surface area contributed by atoms with E-state index in [4.69, 9.17) is 34.8 Å². The lowest BCUT2D eigenvalue weighted by Gasteiger charge is -2.11. The number of guanidine groups is 1. The van der Waals surface area contributed by atoms with Crippen molar-refractivity contribution in [1.29, 1.82) is 0 Å². The molecule has 0 aliphatic carbocycles. The molecule has 0 atom stereocenters. The zero-order valence-electron chi connectivity index (χ0n) is 9.06. The van der Waals surface area contributed by atoms with Crippen LogP contribution in [0.3, 0.4) is 0 Å². The zero-order valence-corrected chi connectivity index (χ0v) is 12.1. The third-order valence-electron chi connectivity index (χ3n) is 2.63. The first-order valence-corrected chi connectivity index (χ1v) is 7.28. The van der Waals surface area contributed by atoms with E-state index in [-0.39, 0.29) is 0 Å². The molecular weight excluding hydrogens is 313 g/mol. The maximum Gasteiger partial charge on any atom is 0.196 e. The van der Waals surface area contributed by atoms with Crippen molar-refractivity contribution in [2.45, 2.75) is 0 Å². The van der Waals surface area contributed by atoms with Gasteiger partial charge >= 0.3 is 0 Å². The molecule has 2 heterocycles. The molecule has 0 unspecified atom stereocenters. The number of thiophene rings is 1. The number of aliphatic imine (C=N–C) groups is 1. The van der Waals surface area contributed by atoms with E-state index in [1.807, 2.05) is 11.4 Å². The van der Waals surface area contributed by atoms with Gasteiger partial charge in [0.1, 0.15) is 0 Å². The van der Waals surface area contributed by atoms with Crippen LogP contribution in [-0.4, -0.2) is 19.0 Å². The average Bonchev–Trinajstić information content (AvgIpc) is 2.95. The lowest BCUT2D eigenvalue weighted by Crippen LogP contribution is -2.26. The molecule has 1 aromatic heterocycles. The minimum Gasteiger partial charge on any atom is -0.354 e. The molecule has 18 heavy (non-hydrogen) atoms. The van der Waals surface area contributed by atoms with E-state index >= 15 is 0 Å². The highest BCUT2D eigenvalue weighted by Gasteiger charge is 2.16. The van der Waals surface area contributed by atoms with Crippen LogP contribution in [0.5, 0.6) is 0 Å². The van der Waals surface area contributed by atoms with Crippen LogP contribution in [0.15, 0.2) is 16.4 Å². The number of nitrogens with zero attached hydrogens (tertiary/aromatic N) is 1. The summed E-state index contributed by atoms with van der Waals surface area (Å²) in [6.07, 6.45) is 0. The Kier molecular flexibility index (Phi) is 3.28. The van der Waals surface area contributed by atoms with Crippen molar-refractivity contribution >= 4 is 67.9 Å². The Balaban J connectivity index is 2.12. The van der Waals surface area contributed by atoms with Gasteiger partial charge < -0.3 is 10.6 Å². The third kappa shape index (κ3) is 2.03. The molecule has 2 aromatic rings. The number of nitrogens with one attached hydrogen (secondary N) is 2. The van der Waals surface area contributed by atoms with Crippen molar-refractivity contribution in [3.8, 4) is 0 Å². The summed E-state index contributed by atoms with van der Waals surface area (Å²) < 4.78 is 0.974. The van der Waals surface area contributed by atoms with Gasteiger partial charge in [-0.2, -0.15) is 0 Å². The number of hydrogen-bond donors (Lipinski definition) is 2. The van der Waals surface area contributed by atoms with E-state index in [0.29, 0.717) is 26.7 Å². The number of hydrogen-bond acceptors (Lipinski definition) is 4. The van der Waals surface area contributed by atoms with Crippen LogP contribution in [0, 0.1) is 0 Å². The van der Waals surface area contributed by atoms with Crippen LogP contribution in [0.2, 0.25) is 15.1 Å². The van der Waals surface area contributed by atoms with Crippen molar-refractivity contribution in [3.63, 3.8) is 0 Å². The number of anilines is 1. The second-order valence-electron chi connectivity index (χ2n) is 3.79. The maximum atomic E-state index is 6.36. The Bertz CT molecular complexity index is 651. The normalized spacial score (nSPS) is 14.7. The van der Waals surface area contributed by atoms with E-state index < -0.39 is 0 Å². The summed E-state index contributed by atoms with van der Waals surface area (Å²) in [6, 6.07) is 1.86. The molecule has 94 valence electrons. The second kappa shape index (κ2) is 4.78. The molecule has 1 aromatic carbocycles. The Morgan fingerprint density at radius 2 is 2.11 bits per heavy atom. The minimum atomic E-state index is 0.528. The monoisotopic (exact) mass is 319 g/mol. The molecule has 2 N–H and O–H groups in total. The largest absolute Gasteiger partial charge is 0.354 e. The first kappa shape index (κ1) is 12.4. The molecule has 1 aliphatic heterocycles. The molecule has 3 rings (SSSR count). The number of rotatable bonds is 1. The Hall–Kier alpha value is -0.680. The molecule has 3 nitrogen and oxygen atoms in total. The topological polar surface area (TPSA) is 36.4 Å². The predicted molar refractivity (Wildman–Crippen MR) is 80.8 cm³/mol.